The van der Waals surface area contributed by atoms with Crippen LogP contribution in [0.2, 0.25) is 0 Å². The van der Waals surface area contributed by atoms with Gasteiger partial charge in [-0.2, -0.15) is 0 Å². The smallest absolute Gasteiger partial charge is 0.322 e. The number of hydrogen-bond acceptors (Lipinski definition) is 8. The molecule has 5 atom stereocenters. The number of carbonyl (C=O) groups is 5. The summed E-state index contributed by atoms with van der Waals surface area (Å²) in [7, 11) is 0. The summed E-state index contributed by atoms with van der Waals surface area (Å²) in [5.74, 6) is -3.47. The van der Waals surface area contributed by atoms with Crippen LogP contribution in [0.1, 0.15) is 57.4 Å². The second kappa shape index (κ2) is 14.2. The number of rotatable bonds is 15. The van der Waals surface area contributed by atoms with Crippen molar-refractivity contribution in [1.82, 2.24) is 10.6 Å². The van der Waals surface area contributed by atoms with E-state index in [9.17, 15) is 24.0 Å². The van der Waals surface area contributed by atoms with Gasteiger partial charge < -0.3 is 31.3 Å². The van der Waals surface area contributed by atoms with Gasteiger partial charge in [0, 0.05) is 12.2 Å². The van der Waals surface area contributed by atoms with Crippen molar-refractivity contribution in [2.24, 2.45) is 17.6 Å². The Bertz CT molecular complexity index is 1310. The van der Waals surface area contributed by atoms with Crippen LogP contribution >= 0.6 is 11.8 Å². The van der Waals surface area contributed by atoms with E-state index in [1.165, 1.54) is 22.9 Å². The first-order valence-corrected chi connectivity index (χ1v) is 15.6. The van der Waals surface area contributed by atoms with E-state index in [-0.39, 0.29) is 30.5 Å². The Morgan fingerprint density at radius 3 is 2.60 bits per heavy atom. The number of carboxylic acid groups (broad SMARTS) is 2. The molecule has 43 heavy (non-hydrogen) atoms. The Kier molecular flexibility index (Phi) is 10.7. The highest BCUT2D eigenvalue weighted by molar-refractivity contribution is 8.00. The van der Waals surface area contributed by atoms with Gasteiger partial charge in [-0.25, -0.2) is 0 Å². The Morgan fingerprint density at radius 1 is 1.19 bits per heavy atom. The van der Waals surface area contributed by atoms with Gasteiger partial charge in [-0.1, -0.05) is 55.3 Å². The molecule has 0 spiro atoms. The van der Waals surface area contributed by atoms with E-state index >= 15 is 0 Å². The number of nitrogens with two attached hydrogens (primary N) is 1. The Hall–Kier alpha value is -3.64. The molecular formula is C31H39N3O8S. The molecule has 0 saturated carbocycles. The van der Waals surface area contributed by atoms with Crippen LogP contribution in [0.25, 0.3) is 0 Å². The molecule has 2 amide bonds. The highest BCUT2D eigenvalue weighted by Gasteiger charge is 2.52. The molecule has 2 aliphatic carbocycles. The van der Waals surface area contributed by atoms with Crippen molar-refractivity contribution in [3.63, 3.8) is 0 Å². The molecule has 0 aromatic heterocycles. The Morgan fingerprint density at radius 2 is 1.93 bits per heavy atom. The SMILES string of the molecule is CCC[C@@]1(SC[C@H](NC(=O)CC[C@H](N)C(=O)O)C(=O)NCC(=O)O)CC[C@@H]2CC(Cc3ccccc3)=C[C@@H]3C(=O)OC1=C23. The van der Waals surface area contributed by atoms with Gasteiger partial charge in [0.1, 0.15) is 30.3 Å². The van der Waals surface area contributed by atoms with Crippen LogP contribution < -0.4 is 16.4 Å². The predicted octanol–water partition coefficient (Wildman–Crippen LogP) is 2.55. The van der Waals surface area contributed by atoms with E-state index in [0.717, 1.165) is 37.7 Å². The standard InChI is InChI=1S/C31H39N3O8S/c1-2-11-31(43-17-23(28(38)33-16-25(36)37)34-24(35)9-8-22(32)29(39)40)12-10-20-14-19(13-18-6-4-3-5-7-18)15-21-26(20)27(31)42-30(21)41/h3-7,15,20-23H,2,8-14,16-17,32H2,1H3,(H,33,38)(H,34,35)(H,36,37)(H,39,40)/t20-,21+,22+,23+,31-/m1/s1. The minimum Gasteiger partial charge on any atom is -0.480 e. The van der Waals surface area contributed by atoms with E-state index in [4.69, 9.17) is 20.7 Å². The quantitative estimate of drug-likeness (QED) is 0.145. The first kappa shape index (κ1) is 32.3. The third-order valence-corrected chi connectivity index (χ3v) is 9.88. The molecule has 0 saturated heterocycles. The predicted molar refractivity (Wildman–Crippen MR) is 160 cm³/mol. The Balaban J connectivity index is 1.54. The van der Waals surface area contributed by atoms with Crippen molar-refractivity contribution in [1.29, 1.82) is 0 Å². The van der Waals surface area contributed by atoms with Crippen molar-refractivity contribution in [2.75, 3.05) is 12.3 Å². The fraction of sp³-hybridized carbons (Fsp3) is 0.516. The molecular weight excluding hydrogens is 574 g/mol. The van der Waals surface area contributed by atoms with Gasteiger partial charge in [0.05, 0.1) is 4.75 Å². The summed E-state index contributed by atoms with van der Waals surface area (Å²) in [4.78, 5) is 60.9. The van der Waals surface area contributed by atoms with Gasteiger partial charge in [-0.05, 0) is 55.6 Å². The maximum absolute atomic E-state index is 13.2. The van der Waals surface area contributed by atoms with E-state index < -0.39 is 53.0 Å². The average molecular weight is 614 g/mol. The van der Waals surface area contributed by atoms with Crippen LogP contribution in [0.3, 0.4) is 0 Å². The van der Waals surface area contributed by atoms with Gasteiger partial charge >= 0.3 is 17.9 Å². The second-order valence-electron chi connectivity index (χ2n) is 11.4. The van der Waals surface area contributed by atoms with Gasteiger partial charge in [0.15, 0.2) is 0 Å². The number of carboxylic acids is 2. The zero-order valence-corrected chi connectivity index (χ0v) is 25.0. The fourth-order valence-corrected chi connectivity index (χ4v) is 7.80. The van der Waals surface area contributed by atoms with Gasteiger partial charge in [-0.3, -0.25) is 24.0 Å². The normalized spacial score (nSPS) is 23.9. The molecule has 1 aromatic carbocycles. The number of carbonyl (C=O) groups excluding carboxylic acids is 3. The van der Waals surface area contributed by atoms with E-state index in [0.29, 0.717) is 12.2 Å². The number of allylic oxidation sites excluding steroid dienone is 1. The zero-order chi connectivity index (χ0) is 31.1. The van der Waals surface area contributed by atoms with Crippen LogP contribution in [-0.2, 0) is 35.1 Å². The first-order valence-electron chi connectivity index (χ1n) is 14.6. The third-order valence-electron chi connectivity index (χ3n) is 8.23. The molecule has 1 heterocycles. The highest BCUT2D eigenvalue weighted by Crippen LogP contribution is 2.56. The fourth-order valence-electron chi connectivity index (χ4n) is 6.18. The van der Waals surface area contributed by atoms with Crippen LogP contribution in [0.4, 0.5) is 0 Å². The molecule has 0 radical (unpaired) electrons. The maximum atomic E-state index is 13.2. The minimum absolute atomic E-state index is 0.0982. The minimum atomic E-state index is -1.24. The Labute approximate surface area is 254 Å². The van der Waals surface area contributed by atoms with E-state index in [1.807, 2.05) is 31.2 Å². The van der Waals surface area contributed by atoms with Gasteiger partial charge in [0.25, 0.3) is 0 Å². The molecule has 0 fully saturated rings. The van der Waals surface area contributed by atoms with Crippen molar-refractivity contribution in [3.05, 3.63) is 58.9 Å². The molecule has 1 aliphatic heterocycles. The summed E-state index contributed by atoms with van der Waals surface area (Å²) >= 11 is 1.43. The number of hydrogen-bond donors (Lipinski definition) is 5. The lowest BCUT2D eigenvalue weighted by Gasteiger charge is -2.42. The third kappa shape index (κ3) is 7.85. The van der Waals surface area contributed by atoms with Gasteiger partial charge in [0.2, 0.25) is 11.8 Å². The number of esters is 1. The summed E-state index contributed by atoms with van der Waals surface area (Å²) in [5.41, 5.74) is 8.95. The molecule has 12 heteroatoms. The average Bonchev–Trinajstić information content (AvgIpc) is 3.32. The first-order chi connectivity index (χ1) is 20.5. The van der Waals surface area contributed by atoms with Crippen LogP contribution in [0.5, 0.6) is 0 Å². The molecule has 4 rings (SSSR count). The summed E-state index contributed by atoms with van der Waals surface area (Å²) < 4.78 is 5.44. The van der Waals surface area contributed by atoms with Gasteiger partial charge in [-0.15, -0.1) is 11.8 Å². The summed E-state index contributed by atoms with van der Waals surface area (Å²) in [6, 6.07) is 7.84. The molecule has 6 N–H and O–H groups in total. The molecule has 1 aromatic rings. The van der Waals surface area contributed by atoms with Crippen LogP contribution in [-0.4, -0.2) is 69.1 Å². The monoisotopic (exact) mass is 613 g/mol. The van der Waals surface area contributed by atoms with Crippen molar-refractivity contribution < 1.29 is 38.9 Å². The van der Waals surface area contributed by atoms with E-state index in [1.54, 1.807) is 0 Å². The van der Waals surface area contributed by atoms with Crippen LogP contribution in [0, 0.1) is 11.8 Å². The number of amides is 2. The van der Waals surface area contributed by atoms with Crippen molar-refractivity contribution in [2.45, 2.75) is 75.1 Å². The summed E-state index contributed by atoms with van der Waals surface area (Å²) in [5, 5.41) is 23.0. The lowest BCUT2D eigenvalue weighted by molar-refractivity contribution is -0.140. The number of benzene rings is 1. The molecule has 0 bridgehead atoms. The molecule has 232 valence electrons. The number of thioether (sulfide) groups is 1. The number of ether oxygens (including phenoxy) is 1. The lowest BCUT2D eigenvalue weighted by Crippen LogP contribution is -2.50. The largest absolute Gasteiger partial charge is 0.480 e. The maximum Gasteiger partial charge on any atom is 0.322 e. The molecule has 0 unspecified atom stereocenters. The molecule has 3 aliphatic rings. The van der Waals surface area contributed by atoms with Crippen molar-refractivity contribution in [3.8, 4) is 0 Å². The van der Waals surface area contributed by atoms with Crippen molar-refractivity contribution >= 4 is 41.5 Å². The highest BCUT2D eigenvalue weighted by atomic mass is 32.2. The lowest BCUT2D eigenvalue weighted by atomic mass is 9.69. The second-order valence-corrected chi connectivity index (χ2v) is 12.8. The van der Waals surface area contributed by atoms with Crippen LogP contribution in [0.15, 0.2) is 53.3 Å². The number of aliphatic carboxylic acids is 2. The zero-order valence-electron chi connectivity index (χ0n) is 24.2. The summed E-state index contributed by atoms with van der Waals surface area (Å²) in [6.07, 6.45) is 6.40. The topological polar surface area (TPSA) is 185 Å². The number of nitrogens with one attached hydrogen (secondary N) is 2. The molecule has 11 nitrogen and oxygen atoms in total. The van der Waals surface area contributed by atoms with E-state index in [2.05, 4.69) is 22.8 Å². The summed E-state index contributed by atoms with van der Waals surface area (Å²) in [6.45, 7) is 1.42.